The number of carbonyl (C=O) groups excluding carboxylic acids is 3. The molecule has 1 aromatic rings. The average Bonchev–Trinajstić information content (AvgIpc) is 3.18. The van der Waals surface area contributed by atoms with Gasteiger partial charge in [0.1, 0.15) is 42.4 Å². The van der Waals surface area contributed by atoms with Crippen LogP contribution >= 0.6 is 0 Å². The lowest BCUT2D eigenvalue weighted by molar-refractivity contribution is -0.140. The number of aliphatic hydroxyl groups is 6. The normalized spacial score (nSPS) is 29.5. The van der Waals surface area contributed by atoms with Crippen molar-refractivity contribution in [3.63, 3.8) is 0 Å². The summed E-state index contributed by atoms with van der Waals surface area (Å²) in [4.78, 5) is 51.9. The van der Waals surface area contributed by atoms with Gasteiger partial charge in [0.2, 0.25) is 11.8 Å². The number of nitrogens with one attached hydrogen (secondary N) is 3. The highest BCUT2D eigenvalue weighted by Gasteiger charge is 2.45. The van der Waals surface area contributed by atoms with Gasteiger partial charge >= 0.3 is 5.69 Å². The maximum absolute atomic E-state index is 12.6. The fourth-order valence-electron chi connectivity index (χ4n) is 4.12. The van der Waals surface area contributed by atoms with E-state index < -0.39 is 97.3 Å². The van der Waals surface area contributed by atoms with Crippen molar-refractivity contribution in [1.29, 1.82) is 0 Å². The zero-order valence-electron chi connectivity index (χ0n) is 21.2. The Hall–Kier alpha value is -3.65. The molecule has 0 bridgehead atoms. The third kappa shape index (κ3) is 7.10. The lowest BCUT2D eigenvalue weighted by atomic mass is 9.93. The number of hydrogen-bond acceptors (Lipinski definition) is 14. The molecule has 222 valence electrons. The standard InChI is InChI=1S/C22H32N6O12/c1-8(30)26-15-9(31)4-11(39-19(15)16(34)10(32)7-29)20(37)25-6-14(33)24-5-12-17(35)18(36)21(40-12)28-3-2-13(23)27-22(28)38/h2-4,9-10,12,15-19,21,29,31-32,34-36H,5-7H2,1H3,(H,24,33)(H,25,37)(H,26,30)(H2,23,27,38)/t9-,10?,12+,15+,16?,17+,18+,19?,21+/m0/s1. The second kappa shape index (κ2) is 13.1. The molecule has 0 aromatic carbocycles. The molecular formula is C22H32N6O12. The molecule has 2 aliphatic rings. The van der Waals surface area contributed by atoms with Crippen molar-refractivity contribution >= 4 is 23.5 Å². The van der Waals surface area contributed by atoms with E-state index in [1.807, 2.05) is 0 Å². The van der Waals surface area contributed by atoms with Crippen LogP contribution < -0.4 is 27.4 Å². The van der Waals surface area contributed by atoms with E-state index in [1.54, 1.807) is 0 Å². The highest BCUT2D eigenvalue weighted by molar-refractivity contribution is 5.94. The van der Waals surface area contributed by atoms with Crippen molar-refractivity contribution in [1.82, 2.24) is 25.5 Å². The van der Waals surface area contributed by atoms with Crippen molar-refractivity contribution in [3.05, 3.63) is 34.6 Å². The Bertz CT molecular complexity index is 1180. The first kappa shape index (κ1) is 30.9. The number of rotatable bonds is 10. The van der Waals surface area contributed by atoms with Crippen LogP contribution in [-0.4, -0.2) is 126 Å². The van der Waals surface area contributed by atoms with Crippen molar-refractivity contribution in [2.75, 3.05) is 25.4 Å². The van der Waals surface area contributed by atoms with Crippen LogP contribution in [-0.2, 0) is 23.9 Å². The summed E-state index contributed by atoms with van der Waals surface area (Å²) >= 11 is 0. The van der Waals surface area contributed by atoms with E-state index in [4.69, 9.17) is 20.3 Å². The van der Waals surface area contributed by atoms with Gasteiger partial charge in [-0.2, -0.15) is 4.98 Å². The van der Waals surface area contributed by atoms with Gasteiger partial charge in [-0.15, -0.1) is 0 Å². The third-order valence-electron chi connectivity index (χ3n) is 6.19. The van der Waals surface area contributed by atoms with E-state index in [0.717, 1.165) is 17.6 Å². The molecule has 18 heteroatoms. The Morgan fingerprint density at radius 1 is 1.18 bits per heavy atom. The van der Waals surface area contributed by atoms with Crippen LogP contribution in [0.15, 0.2) is 28.9 Å². The largest absolute Gasteiger partial charge is 0.480 e. The molecule has 1 fully saturated rings. The number of nitrogens with two attached hydrogens (primary N) is 1. The molecule has 40 heavy (non-hydrogen) atoms. The summed E-state index contributed by atoms with van der Waals surface area (Å²) in [6, 6.07) is 0.0227. The van der Waals surface area contributed by atoms with Gasteiger partial charge in [0.05, 0.1) is 19.2 Å². The van der Waals surface area contributed by atoms with Gasteiger partial charge in [-0.1, -0.05) is 0 Å². The van der Waals surface area contributed by atoms with E-state index >= 15 is 0 Å². The molecule has 3 amide bonds. The van der Waals surface area contributed by atoms with Gasteiger partial charge in [-0.05, 0) is 12.1 Å². The van der Waals surface area contributed by atoms with E-state index in [1.165, 1.54) is 12.3 Å². The Labute approximate surface area is 226 Å². The fraction of sp³-hybridized carbons (Fsp3) is 0.591. The molecule has 3 rings (SSSR count). The van der Waals surface area contributed by atoms with Gasteiger partial charge < -0.3 is 61.8 Å². The lowest BCUT2D eigenvalue weighted by Crippen LogP contribution is -2.60. The van der Waals surface area contributed by atoms with Crippen LogP contribution in [0.2, 0.25) is 0 Å². The molecule has 18 nitrogen and oxygen atoms in total. The molecule has 9 atom stereocenters. The molecule has 3 heterocycles. The first-order chi connectivity index (χ1) is 18.8. The maximum atomic E-state index is 12.6. The van der Waals surface area contributed by atoms with Crippen LogP contribution in [0.1, 0.15) is 13.2 Å². The average molecular weight is 573 g/mol. The van der Waals surface area contributed by atoms with Crippen LogP contribution in [0, 0.1) is 0 Å². The van der Waals surface area contributed by atoms with E-state index in [0.29, 0.717) is 0 Å². The Kier molecular flexibility index (Phi) is 10.1. The number of ether oxygens (including phenoxy) is 2. The van der Waals surface area contributed by atoms with E-state index in [9.17, 15) is 44.7 Å². The minimum absolute atomic E-state index is 0.0500. The number of hydrogen-bond donors (Lipinski definition) is 10. The SMILES string of the molecule is CC(=O)N[C@H]1C(C(O)C(O)CO)OC(C(=O)NCC(=O)NC[C@H]2O[C@@H](n3ccc(N)nc3=O)[C@H](O)[C@@H]2O)=C[C@@H]1O. The zero-order valence-corrected chi connectivity index (χ0v) is 21.2. The molecule has 1 saturated heterocycles. The molecule has 2 aliphatic heterocycles. The van der Waals surface area contributed by atoms with Crippen LogP contribution in [0.4, 0.5) is 5.82 Å². The smallest absolute Gasteiger partial charge is 0.351 e. The molecule has 11 N–H and O–H groups in total. The first-order valence-electron chi connectivity index (χ1n) is 12.1. The van der Waals surface area contributed by atoms with Crippen molar-refractivity contribution in [2.24, 2.45) is 0 Å². The summed E-state index contributed by atoms with van der Waals surface area (Å²) in [6.07, 6.45) is -9.89. The number of carbonyl (C=O) groups is 3. The highest BCUT2D eigenvalue weighted by Crippen LogP contribution is 2.28. The predicted octanol–water partition coefficient (Wildman–Crippen LogP) is -6.46. The number of nitrogens with zero attached hydrogens (tertiary/aromatic N) is 2. The fourth-order valence-corrected chi connectivity index (χ4v) is 4.12. The summed E-state index contributed by atoms with van der Waals surface area (Å²) in [5.74, 6) is -2.93. The topological polar surface area (TPSA) is 288 Å². The summed E-state index contributed by atoms with van der Waals surface area (Å²) in [5.41, 5.74) is 4.62. The number of aliphatic hydroxyl groups excluding tert-OH is 6. The van der Waals surface area contributed by atoms with Crippen LogP contribution in [0.3, 0.4) is 0 Å². The quantitative estimate of drug-likeness (QED) is 0.125. The summed E-state index contributed by atoms with van der Waals surface area (Å²) in [6.45, 7) is -0.674. The van der Waals surface area contributed by atoms with E-state index in [-0.39, 0.29) is 12.4 Å². The van der Waals surface area contributed by atoms with Gasteiger partial charge in [-0.3, -0.25) is 19.0 Å². The molecule has 0 radical (unpaired) electrons. The molecule has 0 spiro atoms. The predicted molar refractivity (Wildman–Crippen MR) is 131 cm³/mol. The molecule has 0 aliphatic carbocycles. The van der Waals surface area contributed by atoms with E-state index in [2.05, 4.69) is 20.9 Å². The summed E-state index contributed by atoms with van der Waals surface area (Å²) in [5, 5.41) is 67.1. The number of amides is 3. The molecule has 3 unspecified atom stereocenters. The second-order valence-corrected chi connectivity index (χ2v) is 9.15. The second-order valence-electron chi connectivity index (χ2n) is 9.15. The van der Waals surface area contributed by atoms with Crippen LogP contribution in [0.25, 0.3) is 0 Å². The minimum atomic E-state index is -1.81. The summed E-state index contributed by atoms with van der Waals surface area (Å²) in [7, 11) is 0. The van der Waals surface area contributed by atoms with Gasteiger partial charge in [0.25, 0.3) is 5.91 Å². The Balaban J connectivity index is 1.56. The molecule has 0 saturated carbocycles. The van der Waals surface area contributed by atoms with Crippen molar-refractivity contribution in [3.8, 4) is 0 Å². The minimum Gasteiger partial charge on any atom is -0.480 e. The van der Waals surface area contributed by atoms with Gasteiger partial charge in [0, 0.05) is 19.7 Å². The molecule has 1 aromatic heterocycles. The highest BCUT2D eigenvalue weighted by atomic mass is 16.6. The monoisotopic (exact) mass is 572 g/mol. The van der Waals surface area contributed by atoms with Gasteiger partial charge in [0.15, 0.2) is 18.1 Å². The zero-order chi connectivity index (χ0) is 29.7. The first-order valence-corrected chi connectivity index (χ1v) is 12.1. The van der Waals surface area contributed by atoms with Crippen molar-refractivity contribution in [2.45, 2.75) is 61.9 Å². The molecular weight excluding hydrogens is 540 g/mol. The third-order valence-corrected chi connectivity index (χ3v) is 6.19. The number of anilines is 1. The number of nitrogen functional groups attached to an aromatic ring is 1. The van der Waals surface area contributed by atoms with Crippen molar-refractivity contribution < 1.29 is 54.5 Å². The van der Waals surface area contributed by atoms with Crippen LogP contribution in [0.5, 0.6) is 0 Å². The Morgan fingerprint density at radius 3 is 2.50 bits per heavy atom. The number of aromatic nitrogens is 2. The maximum Gasteiger partial charge on any atom is 0.351 e. The lowest BCUT2D eigenvalue weighted by Gasteiger charge is -2.38. The van der Waals surface area contributed by atoms with Gasteiger partial charge in [-0.25, -0.2) is 4.79 Å². The Morgan fingerprint density at radius 2 is 1.88 bits per heavy atom. The summed E-state index contributed by atoms with van der Waals surface area (Å²) < 4.78 is 11.8.